The van der Waals surface area contributed by atoms with Gasteiger partial charge < -0.3 is 10.6 Å². The molecule has 0 spiro atoms. The van der Waals surface area contributed by atoms with Crippen LogP contribution in [0.4, 0.5) is 5.13 Å². The summed E-state index contributed by atoms with van der Waals surface area (Å²) in [5.74, 6) is 0. The molecule has 0 aromatic carbocycles. The maximum absolute atomic E-state index is 4.39. The van der Waals surface area contributed by atoms with Gasteiger partial charge in [0.2, 0.25) is 0 Å². The van der Waals surface area contributed by atoms with E-state index in [0.29, 0.717) is 6.04 Å². The van der Waals surface area contributed by atoms with Crippen molar-refractivity contribution in [1.82, 2.24) is 10.3 Å². The molecule has 1 heterocycles. The first-order chi connectivity index (χ1) is 6.22. The second-order valence-corrected chi connectivity index (χ2v) is 4.11. The molecule has 2 N–H and O–H groups in total. The number of anilines is 1. The molecule has 13 heavy (non-hydrogen) atoms. The van der Waals surface area contributed by atoms with Gasteiger partial charge in [0.15, 0.2) is 5.13 Å². The van der Waals surface area contributed by atoms with Crippen LogP contribution in [-0.2, 0) is 6.42 Å². The molecule has 0 atom stereocenters. The van der Waals surface area contributed by atoms with E-state index in [4.69, 9.17) is 0 Å². The summed E-state index contributed by atoms with van der Waals surface area (Å²) in [6.45, 7) is 5.31. The zero-order valence-electron chi connectivity index (χ0n) is 8.42. The Morgan fingerprint density at radius 3 is 2.85 bits per heavy atom. The van der Waals surface area contributed by atoms with Crippen LogP contribution in [0.25, 0.3) is 0 Å². The smallest absolute Gasteiger partial charge is 0.182 e. The van der Waals surface area contributed by atoms with Crippen molar-refractivity contribution in [1.29, 1.82) is 0 Å². The molecule has 0 aliphatic carbocycles. The molecular weight excluding hydrogens is 182 g/mol. The van der Waals surface area contributed by atoms with Crippen molar-refractivity contribution in [3.8, 4) is 0 Å². The van der Waals surface area contributed by atoms with Crippen molar-refractivity contribution >= 4 is 16.5 Å². The van der Waals surface area contributed by atoms with E-state index in [-0.39, 0.29) is 0 Å². The van der Waals surface area contributed by atoms with Crippen LogP contribution in [0.5, 0.6) is 0 Å². The normalized spacial score (nSPS) is 10.8. The maximum Gasteiger partial charge on any atom is 0.182 e. The van der Waals surface area contributed by atoms with Crippen LogP contribution in [-0.4, -0.2) is 24.6 Å². The lowest BCUT2D eigenvalue weighted by Gasteiger charge is -2.05. The first-order valence-corrected chi connectivity index (χ1v) is 5.46. The van der Waals surface area contributed by atoms with Crippen LogP contribution < -0.4 is 10.6 Å². The predicted molar refractivity (Wildman–Crippen MR) is 58.5 cm³/mol. The van der Waals surface area contributed by atoms with Crippen LogP contribution in [0.15, 0.2) is 5.38 Å². The van der Waals surface area contributed by atoms with E-state index in [2.05, 4.69) is 34.8 Å². The first-order valence-electron chi connectivity index (χ1n) is 4.58. The summed E-state index contributed by atoms with van der Waals surface area (Å²) in [6, 6.07) is 0.558. The molecule has 4 heteroatoms. The van der Waals surface area contributed by atoms with E-state index in [0.717, 1.165) is 18.1 Å². The van der Waals surface area contributed by atoms with E-state index >= 15 is 0 Å². The number of thiazole rings is 1. The topological polar surface area (TPSA) is 37.0 Å². The summed E-state index contributed by atoms with van der Waals surface area (Å²) >= 11 is 1.66. The number of hydrogen-bond acceptors (Lipinski definition) is 4. The summed E-state index contributed by atoms with van der Waals surface area (Å²) in [5, 5.41) is 9.50. The van der Waals surface area contributed by atoms with E-state index in [1.807, 2.05) is 7.05 Å². The van der Waals surface area contributed by atoms with Crippen molar-refractivity contribution in [2.75, 3.05) is 18.9 Å². The third-order valence-electron chi connectivity index (χ3n) is 1.70. The highest BCUT2D eigenvalue weighted by molar-refractivity contribution is 7.13. The molecule has 1 aromatic rings. The van der Waals surface area contributed by atoms with Gasteiger partial charge in [-0.15, -0.1) is 11.3 Å². The minimum atomic E-state index is 0.558. The molecule has 0 saturated heterocycles. The van der Waals surface area contributed by atoms with Crippen LogP contribution in [0.2, 0.25) is 0 Å². The second kappa shape index (κ2) is 5.19. The van der Waals surface area contributed by atoms with Gasteiger partial charge in [0, 0.05) is 31.4 Å². The summed E-state index contributed by atoms with van der Waals surface area (Å²) in [5.41, 5.74) is 1.17. The van der Waals surface area contributed by atoms with Crippen molar-refractivity contribution < 1.29 is 0 Å². The average molecular weight is 199 g/mol. The molecule has 1 aromatic heterocycles. The molecule has 3 nitrogen and oxygen atoms in total. The summed E-state index contributed by atoms with van der Waals surface area (Å²) < 4.78 is 0. The molecule has 0 radical (unpaired) electrons. The van der Waals surface area contributed by atoms with Gasteiger partial charge in [0.1, 0.15) is 0 Å². The minimum Gasteiger partial charge on any atom is -0.365 e. The maximum atomic E-state index is 4.39. The van der Waals surface area contributed by atoms with Gasteiger partial charge in [-0.25, -0.2) is 4.98 Å². The van der Waals surface area contributed by atoms with Crippen LogP contribution in [0.1, 0.15) is 19.5 Å². The largest absolute Gasteiger partial charge is 0.365 e. The highest BCUT2D eigenvalue weighted by atomic mass is 32.1. The number of rotatable bonds is 5. The summed E-state index contributed by atoms with van der Waals surface area (Å²) in [4.78, 5) is 4.39. The van der Waals surface area contributed by atoms with Crippen molar-refractivity contribution in [2.45, 2.75) is 26.3 Å². The van der Waals surface area contributed by atoms with Gasteiger partial charge in [0.05, 0.1) is 5.69 Å². The van der Waals surface area contributed by atoms with E-state index in [1.165, 1.54) is 5.69 Å². The monoisotopic (exact) mass is 199 g/mol. The quantitative estimate of drug-likeness (QED) is 0.758. The minimum absolute atomic E-state index is 0.558. The SMILES string of the molecule is CNc1nc(CCNC(C)C)cs1. The summed E-state index contributed by atoms with van der Waals surface area (Å²) in [6.07, 6.45) is 1.01. The number of aromatic nitrogens is 1. The Morgan fingerprint density at radius 1 is 1.54 bits per heavy atom. The van der Waals surface area contributed by atoms with Crippen molar-refractivity contribution in [2.24, 2.45) is 0 Å². The Kier molecular flexibility index (Phi) is 4.18. The summed E-state index contributed by atoms with van der Waals surface area (Å²) in [7, 11) is 1.90. The van der Waals surface area contributed by atoms with E-state index in [9.17, 15) is 0 Å². The zero-order valence-corrected chi connectivity index (χ0v) is 9.24. The average Bonchev–Trinajstić information content (AvgIpc) is 2.52. The molecule has 0 saturated carbocycles. The highest BCUT2D eigenvalue weighted by Crippen LogP contribution is 2.14. The van der Waals surface area contributed by atoms with Crippen LogP contribution in [0, 0.1) is 0 Å². The molecule has 0 unspecified atom stereocenters. The predicted octanol–water partition coefficient (Wildman–Crippen LogP) is 1.73. The molecule has 0 amide bonds. The fourth-order valence-electron chi connectivity index (χ4n) is 1.03. The molecular formula is C9H17N3S. The molecule has 0 bridgehead atoms. The molecule has 74 valence electrons. The van der Waals surface area contributed by atoms with Gasteiger partial charge in [0.25, 0.3) is 0 Å². The van der Waals surface area contributed by atoms with Gasteiger partial charge in [-0.1, -0.05) is 13.8 Å². The van der Waals surface area contributed by atoms with Crippen molar-refractivity contribution in [3.63, 3.8) is 0 Å². The zero-order chi connectivity index (χ0) is 9.68. The van der Waals surface area contributed by atoms with Crippen LogP contribution >= 0.6 is 11.3 Å². The Hall–Kier alpha value is -0.610. The number of nitrogens with zero attached hydrogens (tertiary/aromatic N) is 1. The Morgan fingerprint density at radius 2 is 2.31 bits per heavy atom. The van der Waals surface area contributed by atoms with E-state index in [1.54, 1.807) is 11.3 Å². The van der Waals surface area contributed by atoms with Gasteiger partial charge in [-0.3, -0.25) is 0 Å². The third kappa shape index (κ3) is 3.74. The second-order valence-electron chi connectivity index (χ2n) is 3.25. The Labute approximate surface area is 83.6 Å². The lowest BCUT2D eigenvalue weighted by Crippen LogP contribution is -2.24. The number of hydrogen-bond donors (Lipinski definition) is 2. The fourth-order valence-corrected chi connectivity index (χ4v) is 1.73. The lowest BCUT2D eigenvalue weighted by molar-refractivity contribution is 0.588. The molecule has 0 aliphatic rings. The Bertz CT molecular complexity index is 245. The molecule has 1 rings (SSSR count). The van der Waals surface area contributed by atoms with Gasteiger partial charge in [-0.05, 0) is 0 Å². The third-order valence-corrected chi connectivity index (χ3v) is 2.61. The fraction of sp³-hybridized carbons (Fsp3) is 0.667. The lowest BCUT2D eigenvalue weighted by atomic mass is 10.3. The molecule has 0 aliphatic heterocycles. The molecule has 0 fully saturated rings. The number of nitrogens with one attached hydrogen (secondary N) is 2. The van der Waals surface area contributed by atoms with Gasteiger partial charge in [-0.2, -0.15) is 0 Å². The van der Waals surface area contributed by atoms with E-state index < -0.39 is 0 Å². The van der Waals surface area contributed by atoms with Crippen LogP contribution in [0.3, 0.4) is 0 Å². The van der Waals surface area contributed by atoms with Crippen molar-refractivity contribution in [3.05, 3.63) is 11.1 Å². The first kappa shape index (κ1) is 10.5. The van der Waals surface area contributed by atoms with Gasteiger partial charge >= 0.3 is 0 Å². The Balaban J connectivity index is 2.28. The highest BCUT2D eigenvalue weighted by Gasteiger charge is 1.99. The standard InChI is InChI=1S/C9H17N3S/c1-7(2)11-5-4-8-6-13-9(10-3)12-8/h6-7,11H,4-5H2,1-3H3,(H,10,12).